The second-order valence-electron chi connectivity index (χ2n) is 10.3. The van der Waals surface area contributed by atoms with Crippen LogP contribution in [0.25, 0.3) is 0 Å². The molecule has 1 heterocycles. The Morgan fingerprint density at radius 1 is 1.13 bits per heavy atom. The topological polar surface area (TPSA) is 206 Å². The molecule has 5 N–H and O–H groups in total. The molecule has 7 atom stereocenters. The van der Waals surface area contributed by atoms with Gasteiger partial charge in [0.2, 0.25) is 6.10 Å². The highest BCUT2D eigenvalue weighted by molar-refractivity contribution is 5.88. The van der Waals surface area contributed by atoms with E-state index in [9.17, 15) is 34.5 Å². The summed E-state index contributed by atoms with van der Waals surface area (Å²) in [6, 6.07) is 3.71. The monoisotopic (exact) mass is 548 g/mol. The van der Waals surface area contributed by atoms with Crippen LogP contribution in [0.3, 0.4) is 0 Å². The quantitative estimate of drug-likeness (QED) is 0.254. The van der Waals surface area contributed by atoms with Gasteiger partial charge in [0.25, 0.3) is 0 Å². The van der Waals surface area contributed by atoms with Crippen molar-refractivity contribution in [2.75, 3.05) is 7.11 Å². The van der Waals surface area contributed by atoms with E-state index in [4.69, 9.17) is 24.4 Å². The molecular weight excluding hydrogens is 520 g/mol. The number of rotatable bonds is 9. The predicted molar refractivity (Wildman–Crippen MR) is 126 cm³/mol. The fraction of sp³-hybridized carbons (Fsp3) is 0.538. The molecule has 1 saturated carbocycles. The van der Waals surface area contributed by atoms with E-state index >= 15 is 0 Å². The molecule has 1 aliphatic heterocycles. The Morgan fingerprint density at radius 3 is 2.51 bits per heavy atom. The van der Waals surface area contributed by atoms with Crippen molar-refractivity contribution < 1.29 is 63.7 Å². The van der Waals surface area contributed by atoms with E-state index < -0.39 is 65.7 Å². The second kappa shape index (κ2) is 9.50. The van der Waals surface area contributed by atoms with Crippen molar-refractivity contribution >= 4 is 23.9 Å². The fourth-order valence-electron chi connectivity index (χ4n) is 6.66. The predicted octanol–water partition coefficient (Wildman–Crippen LogP) is -0.195. The zero-order valence-corrected chi connectivity index (χ0v) is 20.9. The van der Waals surface area contributed by atoms with Crippen LogP contribution in [0.4, 0.5) is 0 Å². The Hall–Kier alpha value is -3.68. The number of carbonyl (C=O) groups excluding carboxylic acids is 2. The number of benzene rings is 1. The van der Waals surface area contributed by atoms with Crippen LogP contribution in [0.1, 0.15) is 43.2 Å². The number of aliphatic hydroxyl groups is 3. The van der Waals surface area contributed by atoms with Gasteiger partial charge in [-0.3, -0.25) is 4.79 Å². The minimum absolute atomic E-state index is 0.0228. The molecule has 5 rings (SSSR count). The SMILES string of the molecule is COc1ccc2c3c1O[C@@H]1C(OC(=O)[C@H](O)[C@@H](O)C(=O)O[C@@H](CC(=O)O)C(=O)O)=CC[C@]4(O)[C@@H](CCC[C@@]314)C2. The smallest absolute Gasteiger partial charge is 0.345 e. The molecule has 1 fully saturated rings. The average Bonchev–Trinajstić information content (AvgIpc) is 3.23. The molecule has 13 nitrogen and oxygen atoms in total. The number of hydrogen-bond acceptors (Lipinski definition) is 11. The normalized spacial score (nSPS) is 30.0. The van der Waals surface area contributed by atoms with Crippen molar-refractivity contribution in [2.24, 2.45) is 5.92 Å². The van der Waals surface area contributed by atoms with Gasteiger partial charge < -0.3 is 44.5 Å². The molecule has 1 aromatic carbocycles. The summed E-state index contributed by atoms with van der Waals surface area (Å²) in [5.41, 5.74) is -0.336. The maximum absolute atomic E-state index is 12.8. The van der Waals surface area contributed by atoms with E-state index in [0.717, 1.165) is 24.0 Å². The van der Waals surface area contributed by atoms with Gasteiger partial charge in [0.15, 0.2) is 29.8 Å². The molecule has 210 valence electrons. The minimum Gasteiger partial charge on any atom is -0.493 e. The molecule has 1 spiro atoms. The molecule has 0 radical (unpaired) electrons. The lowest BCUT2D eigenvalue weighted by atomic mass is 9.47. The standard InChI is InChI=1S/C26H28O13/c1-36-13-5-4-11-9-12-3-2-7-25-17(11)20(13)39-21(25)14(6-8-26(12,25)35)37-23(33)18(29)19(30)24(34)38-15(22(31)32)10-16(27)28/h4-6,12,15,18-19,21,29-30,35H,2-3,7-10H2,1H3,(H,27,28)(H,31,32)/t12-,15-,18+,19+,21+,25+,26-/m0/s1. The molecule has 1 aromatic rings. The van der Waals surface area contributed by atoms with Crippen LogP contribution in [-0.4, -0.2) is 86.5 Å². The van der Waals surface area contributed by atoms with Crippen molar-refractivity contribution in [2.45, 2.75) is 74.0 Å². The summed E-state index contributed by atoms with van der Waals surface area (Å²) < 4.78 is 21.7. The zero-order valence-electron chi connectivity index (χ0n) is 20.9. The Kier molecular flexibility index (Phi) is 6.56. The summed E-state index contributed by atoms with van der Waals surface area (Å²) in [6.45, 7) is 0. The van der Waals surface area contributed by atoms with Crippen LogP contribution < -0.4 is 9.47 Å². The lowest BCUT2D eigenvalue weighted by Crippen LogP contribution is -2.67. The molecular formula is C26H28O13. The zero-order chi connectivity index (χ0) is 28.3. The third kappa shape index (κ3) is 3.95. The lowest BCUT2D eigenvalue weighted by Gasteiger charge is -2.59. The first-order valence-electron chi connectivity index (χ1n) is 12.5. The van der Waals surface area contributed by atoms with Crippen molar-refractivity contribution in [3.8, 4) is 11.5 Å². The van der Waals surface area contributed by atoms with Crippen molar-refractivity contribution in [1.82, 2.24) is 0 Å². The van der Waals surface area contributed by atoms with Gasteiger partial charge in [-0.05, 0) is 49.3 Å². The van der Waals surface area contributed by atoms with Gasteiger partial charge >= 0.3 is 23.9 Å². The van der Waals surface area contributed by atoms with Gasteiger partial charge in [-0.15, -0.1) is 0 Å². The summed E-state index contributed by atoms with van der Waals surface area (Å²) in [7, 11) is 1.49. The van der Waals surface area contributed by atoms with Crippen molar-refractivity contribution in [1.29, 1.82) is 0 Å². The number of carboxylic acid groups (broad SMARTS) is 2. The number of methoxy groups -OCH3 is 1. The third-order valence-corrected chi connectivity index (χ3v) is 8.36. The van der Waals surface area contributed by atoms with Gasteiger partial charge in [0.1, 0.15) is 5.76 Å². The maximum atomic E-state index is 12.8. The third-order valence-electron chi connectivity index (χ3n) is 8.36. The number of esters is 2. The summed E-state index contributed by atoms with van der Waals surface area (Å²) in [6.07, 6.45) is -4.86. The highest BCUT2D eigenvalue weighted by Crippen LogP contribution is 2.67. The Labute approximate surface area is 221 Å². The summed E-state index contributed by atoms with van der Waals surface area (Å²) >= 11 is 0. The number of aliphatic carboxylic acids is 2. The lowest BCUT2D eigenvalue weighted by molar-refractivity contribution is -0.182. The Morgan fingerprint density at radius 2 is 1.85 bits per heavy atom. The largest absolute Gasteiger partial charge is 0.493 e. The van der Waals surface area contributed by atoms with E-state index in [0.29, 0.717) is 24.3 Å². The first-order valence-corrected chi connectivity index (χ1v) is 12.5. The van der Waals surface area contributed by atoms with E-state index in [1.807, 2.05) is 6.07 Å². The molecule has 4 aliphatic rings. The minimum atomic E-state index is -2.56. The van der Waals surface area contributed by atoms with Crippen molar-refractivity contribution in [3.05, 3.63) is 35.1 Å². The van der Waals surface area contributed by atoms with Gasteiger partial charge in [-0.25, -0.2) is 14.4 Å². The summed E-state index contributed by atoms with van der Waals surface area (Å²) in [4.78, 5) is 46.9. The van der Waals surface area contributed by atoms with Crippen LogP contribution >= 0.6 is 0 Å². The van der Waals surface area contributed by atoms with Gasteiger partial charge in [0, 0.05) is 5.56 Å². The van der Waals surface area contributed by atoms with Gasteiger partial charge in [-0.2, -0.15) is 0 Å². The van der Waals surface area contributed by atoms with E-state index in [2.05, 4.69) is 4.74 Å². The molecule has 2 bridgehead atoms. The molecule has 0 saturated heterocycles. The maximum Gasteiger partial charge on any atom is 0.345 e. The van der Waals surface area contributed by atoms with E-state index in [-0.39, 0.29) is 18.1 Å². The van der Waals surface area contributed by atoms with Crippen LogP contribution in [0.15, 0.2) is 24.0 Å². The van der Waals surface area contributed by atoms with E-state index in [1.165, 1.54) is 13.2 Å². The second-order valence-corrected chi connectivity index (χ2v) is 10.3. The first-order chi connectivity index (χ1) is 18.4. The number of ether oxygens (including phenoxy) is 4. The molecule has 13 heteroatoms. The highest BCUT2D eigenvalue weighted by Gasteiger charge is 2.71. The average molecular weight is 548 g/mol. The number of carbonyl (C=O) groups is 4. The van der Waals surface area contributed by atoms with Gasteiger partial charge in [-0.1, -0.05) is 12.5 Å². The fourth-order valence-corrected chi connectivity index (χ4v) is 6.66. The molecule has 3 aliphatic carbocycles. The first kappa shape index (κ1) is 26.9. The molecule has 0 unspecified atom stereocenters. The van der Waals surface area contributed by atoms with Crippen LogP contribution in [0.5, 0.6) is 11.5 Å². The van der Waals surface area contributed by atoms with Crippen LogP contribution in [0.2, 0.25) is 0 Å². The molecule has 0 aromatic heterocycles. The number of aliphatic hydroxyl groups excluding tert-OH is 2. The summed E-state index contributed by atoms with van der Waals surface area (Å²) in [5.74, 6) is -5.75. The number of carboxylic acids is 2. The Balaban J connectivity index is 1.39. The Bertz CT molecular complexity index is 1270. The highest BCUT2D eigenvalue weighted by atomic mass is 16.6. The summed E-state index contributed by atoms with van der Waals surface area (Å²) in [5, 5.41) is 50.3. The van der Waals surface area contributed by atoms with Crippen LogP contribution in [-0.2, 0) is 40.5 Å². The van der Waals surface area contributed by atoms with Crippen LogP contribution in [0, 0.1) is 5.92 Å². The number of hydrogen-bond donors (Lipinski definition) is 5. The molecule has 39 heavy (non-hydrogen) atoms. The molecule has 0 amide bonds. The van der Waals surface area contributed by atoms with Crippen molar-refractivity contribution in [3.63, 3.8) is 0 Å². The van der Waals surface area contributed by atoms with Gasteiger partial charge in [0.05, 0.1) is 24.5 Å². The van der Waals surface area contributed by atoms with E-state index in [1.54, 1.807) is 6.07 Å².